The van der Waals surface area contributed by atoms with E-state index in [0.717, 1.165) is 12.1 Å². The lowest BCUT2D eigenvalue weighted by Crippen LogP contribution is -1.73. The van der Waals surface area contributed by atoms with Gasteiger partial charge >= 0.3 is 0 Å². The smallest absolute Gasteiger partial charge is 0.0394 e. The normalized spacial score (nSPS) is 12.4. The van der Waals surface area contributed by atoms with E-state index in [4.69, 9.17) is 0 Å². The molecule has 0 unspecified atom stereocenters. The van der Waals surface area contributed by atoms with Crippen LogP contribution in [-0.2, 0) is 0 Å². The van der Waals surface area contributed by atoms with E-state index in [1.54, 1.807) is 6.21 Å². The Labute approximate surface area is 56.8 Å². The average molecular weight is 123 g/mol. The first-order chi connectivity index (χ1) is 4.35. The highest BCUT2D eigenvalue weighted by Crippen LogP contribution is 2.01. The van der Waals surface area contributed by atoms with E-state index in [-0.39, 0.29) is 0 Å². The first kappa shape index (κ1) is 8.15. The fraction of sp³-hybridized carbons (Fsp3) is 0.375. The molecule has 0 radical (unpaired) electrons. The van der Waals surface area contributed by atoms with Crippen LogP contribution in [0.4, 0.5) is 0 Å². The summed E-state index contributed by atoms with van der Waals surface area (Å²) in [5.41, 5.74) is 1.08. The molecule has 0 amide bonds. The van der Waals surface area contributed by atoms with Gasteiger partial charge in [0.15, 0.2) is 0 Å². The molecule has 0 saturated carbocycles. The molecule has 0 spiro atoms. The molecule has 1 nitrogen and oxygen atoms in total. The summed E-state index contributed by atoms with van der Waals surface area (Å²) in [6.07, 6.45) is 6.49. The summed E-state index contributed by atoms with van der Waals surface area (Å²) >= 11 is 0. The molecule has 0 bridgehead atoms. The number of rotatable bonds is 3. The standard InChI is InChI=1S/C8H13N/c1-4-7-8(5-2)9-6-3/h4-6H,1,7H2,2-3H3/b8-5-,9-6?. The minimum atomic E-state index is 0.862. The Hall–Kier alpha value is -0.850. The van der Waals surface area contributed by atoms with Gasteiger partial charge in [-0.1, -0.05) is 12.2 Å². The lowest BCUT2D eigenvalue weighted by atomic mass is 10.3. The van der Waals surface area contributed by atoms with E-state index in [1.165, 1.54) is 0 Å². The molecular weight excluding hydrogens is 110 g/mol. The molecule has 0 rings (SSSR count). The van der Waals surface area contributed by atoms with Crippen molar-refractivity contribution < 1.29 is 0 Å². The predicted molar refractivity (Wildman–Crippen MR) is 42.7 cm³/mol. The summed E-state index contributed by atoms with van der Waals surface area (Å²) in [5, 5.41) is 0. The van der Waals surface area contributed by atoms with Crippen LogP contribution in [-0.4, -0.2) is 6.21 Å². The van der Waals surface area contributed by atoms with Crippen molar-refractivity contribution in [3.8, 4) is 0 Å². The Morgan fingerprint density at radius 1 is 1.56 bits per heavy atom. The monoisotopic (exact) mass is 123 g/mol. The van der Waals surface area contributed by atoms with Crippen LogP contribution in [0.15, 0.2) is 29.4 Å². The number of aliphatic imine (C=N–C) groups is 1. The van der Waals surface area contributed by atoms with Gasteiger partial charge in [-0.15, -0.1) is 6.58 Å². The Kier molecular flexibility index (Phi) is 4.79. The Bertz CT molecular complexity index is 132. The lowest BCUT2D eigenvalue weighted by molar-refractivity contribution is 1.16. The number of hydrogen-bond donors (Lipinski definition) is 0. The third kappa shape index (κ3) is 3.71. The molecule has 0 aromatic rings. The molecule has 0 aliphatic heterocycles. The zero-order chi connectivity index (χ0) is 7.11. The summed E-state index contributed by atoms with van der Waals surface area (Å²) in [6, 6.07) is 0. The molecule has 0 aliphatic rings. The van der Waals surface area contributed by atoms with Crippen LogP contribution in [0.25, 0.3) is 0 Å². The van der Waals surface area contributed by atoms with Crippen molar-refractivity contribution in [2.24, 2.45) is 4.99 Å². The van der Waals surface area contributed by atoms with Crippen LogP contribution in [0.3, 0.4) is 0 Å². The van der Waals surface area contributed by atoms with Crippen molar-refractivity contribution >= 4 is 6.21 Å². The maximum atomic E-state index is 4.10. The second-order valence-corrected chi connectivity index (χ2v) is 1.66. The fourth-order valence-electron chi connectivity index (χ4n) is 0.559. The number of nitrogens with zero attached hydrogens (tertiary/aromatic N) is 1. The third-order valence-corrected chi connectivity index (χ3v) is 0.982. The van der Waals surface area contributed by atoms with Crippen molar-refractivity contribution in [2.45, 2.75) is 20.3 Å². The maximum absolute atomic E-state index is 4.10. The van der Waals surface area contributed by atoms with Crippen LogP contribution >= 0.6 is 0 Å². The summed E-state index contributed by atoms with van der Waals surface area (Å²) < 4.78 is 0. The van der Waals surface area contributed by atoms with Crippen molar-refractivity contribution in [2.75, 3.05) is 0 Å². The van der Waals surface area contributed by atoms with Gasteiger partial charge in [0, 0.05) is 18.3 Å². The average Bonchev–Trinajstić information content (AvgIpc) is 1.88. The molecule has 0 atom stereocenters. The fourth-order valence-corrected chi connectivity index (χ4v) is 0.559. The van der Waals surface area contributed by atoms with Crippen molar-refractivity contribution in [3.63, 3.8) is 0 Å². The van der Waals surface area contributed by atoms with Crippen LogP contribution in [0.2, 0.25) is 0 Å². The van der Waals surface area contributed by atoms with Gasteiger partial charge in [0.05, 0.1) is 0 Å². The second-order valence-electron chi connectivity index (χ2n) is 1.66. The van der Waals surface area contributed by atoms with E-state index in [0.29, 0.717) is 0 Å². The van der Waals surface area contributed by atoms with E-state index in [1.807, 2.05) is 26.0 Å². The first-order valence-corrected chi connectivity index (χ1v) is 3.10. The topological polar surface area (TPSA) is 12.4 Å². The minimum Gasteiger partial charge on any atom is -0.266 e. The Morgan fingerprint density at radius 3 is 2.56 bits per heavy atom. The molecule has 0 aliphatic carbocycles. The molecule has 0 saturated heterocycles. The largest absolute Gasteiger partial charge is 0.266 e. The van der Waals surface area contributed by atoms with Crippen LogP contribution in [0.5, 0.6) is 0 Å². The zero-order valence-electron chi connectivity index (χ0n) is 6.09. The third-order valence-electron chi connectivity index (χ3n) is 0.982. The number of allylic oxidation sites excluding steroid dienone is 2. The second kappa shape index (κ2) is 5.29. The molecule has 0 heterocycles. The summed E-state index contributed by atoms with van der Waals surface area (Å²) in [6.45, 7) is 7.50. The Balaban J connectivity index is 3.84. The molecule has 0 N–H and O–H groups in total. The van der Waals surface area contributed by atoms with Gasteiger partial charge in [0.25, 0.3) is 0 Å². The van der Waals surface area contributed by atoms with Crippen molar-refractivity contribution in [3.05, 3.63) is 24.4 Å². The molecule has 0 aromatic carbocycles. The summed E-state index contributed by atoms with van der Waals surface area (Å²) in [7, 11) is 0. The zero-order valence-corrected chi connectivity index (χ0v) is 6.09. The first-order valence-electron chi connectivity index (χ1n) is 3.10. The molecule has 50 valence electrons. The molecule has 0 aromatic heterocycles. The van der Waals surface area contributed by atoms with Gasteiger partial charge in [-0.3, -0.25) is 4.99 Å². The molecular formula is C8H13N. The van der Waals surface area contributed by atoms with Crippen LogP contribution in [0, 0.1) is 0 Å². The van der Waals surface area contributed by atoms with Crippen molar-refractivity contribution in [1.29, 1.82) is 0 Å². The highest BCUT2D eigenvalue weighted by molar-refractivity contribution is 5.55. The van der Waals surface area contributed by atoms with E-state index < -0.39 is 0 Å². The minimum absolute atomic E-state index is 0.862. The summed E-state index contributed by atoms with van der Waals surface area (Å²) in [4.78, 5) is 4.10. The van der Waals surface area contributed by atoms with E-state index in [2.05, 4.69) is 11.6 Å². The highest BCUT2D eigenvalue weighted by Gasteiger charge is 1.83. The van der Waals surface area contributed by atoms with Crippen molar-refractivity contribution in [1.82, 2.24) is 0 Å². The van der Waals surface area contributed by atoms with Gasteiger partial charge in [-0.2, -0.15) is 0 Å². The molecule has 9 heavy (non-hydrogen) atoms. The van der Waals surface area contributed by atoms with Gasteiger partial charge in [-0.05, 0) is 13.8 Å². The van der Waals surface area contributed by atoms with Gasteiger partial charge in [-0.25, -0.2) is 0 Å². The summed E-state index contributed by atoms with van der Waals surface area (Å²) in [5.74, 6) is 0. The highest BCUT2D eigenvalue weighted by atomic mass is 14.7. The van der Waals surface area contributed by atoms with Gasteiger partial charge in [0.1, 0.15) is 0 Å². The predicted octanol–water partition coefficient (Wildman–Crippen LogP) is 2.56. The van der Waals surface area contributed by atoms with E-state index >= 15 is 0 Å². The van der Waals surface area contributed by atoms with E-state index in [9.17, 15) is 0 Å². The quantitative estimate of drug-likeness (QED) is 0.404. The SMILES string of the molecule is C=CC/C(=C/C)N=CC. The lowest BCUT2D eigenvalue weighted by Gasteiger charge is -1.91. The molecule has 1 heteroatoms. The molecule has 0 fully saturated rings. The van der Waals surface area contributed by atoms with Crippen LogP contribution < -0.4 is 0 Å². The number of hydrogen-bond acceptors (Lipinski definition) is 1. The maximum Gasteiger partial charge on any atom is 0.0394 e. The van der Waals surface area contributed by atoms with Gasteiger partial charge in [0.2, 0.25) is 0 Å². The Morgan fingerprint density at radius 2 is 2.22 bits per heavy atom. The van der Waals surface area contributed by atoms with Crippen LogP contribution in [0.1, 0.15) is 20.3 Å². The van der Waals surface area contributed by atoms with Gasteiger partial charge < -0.3 is 0 Å².